The van der Waals surface area contributed by atoms with Crippen molar-refractivity contribution in [3.05, 3.63) is 64.9 Å². The minimum absolute atomic E-state index is 0.0328. The highest BCUT2D eigenvalue weighted by Crippen LogP contribution is 2.23. The Morgan fingerprint density at radius 1 is 1.00 bits per heavy atom. The highest BCUT2D eigenvalue weighted by Gasteiger charge is 2.28. The van der Waals surface area contributed by atoms with E-state index >= 15 is 0 Å². The van der Waals surface area contributed by atoms with E-state index in [9.17, 15) is 12.8 Å². The van der Waals surface area contributed by atoms with Crippen LogP contribution < -0.4 is 0 Å². The number of hydrogen-bond donors (Lipinski definition) is 0. The summed E-state index contributed by atoms with van der Waals surface area (Å²) in [5.41, 5.74) is 1.21. The van der Waals surface area contributed by atoms with Crippen LogP contribution in [0.1, 0.15) is 5.56 Å². The van der Waals surface area contributed by atoms with E-state index in [2.05, 4.69) is 17.0 Å². The first-order valence-electron chi connectivity index (χ1n) is 7.68. The molecule has 0 saturated carbocycles. The molecule has 1 aliphatic rings. The fraction of sp³-hybridized carbons (Fsp3) is 0.294. The lowest BCUT2D eigenvalue weighted by Gasteiger charge is -2.34. The summed E-state index contributed by atoms with van der Waals surface area (Å²) < 4.78 is 40.0. The van der Waals surface area contributed by atoms with Gasteiger partial charge in [0.25, 0.3) is 0 Å². The number of rotatable bonds is 4. The van der Waals surface area contributed by atoms with Crippen LogP contribution in [0.5, 0.6) is 0 Å². The van der Waals surface area contributed by atoms with E-state index < -0.39 is 15.8 Å². The van der Waals surface area contributed by atoms with Gasteiger partial charge in [0.05, 0.1) is 9.92 Å². The molecule has 1 saturated heterocycles. The SMILES string of the molecule is O=S(=O)(c1ccc(F)c(Cl)c1)N1CCN(Cc2ccccc2)CC1. The molecule has 0 unspecified atom stereocenters. The zero-order valence-electron chi connectivity index (χ0n) is 13.0. The highest BCUT2D eigenvalue weighted by atomic mass is 35.5. The van der Waals surface area contributed by atoms with Crippen LogP contribution in [0.4, 0.5) is 4.39 Å². The third kappa shape index (κ3) is 3.78. The number of nitrogens with zero attached hydrogens (tertiary/aromatic N) is 2. The van der Waals surface area contributed by atoms with Crippen molar-refractivity contribution in [2.45, 2.75) is 11.4 Å². The summed E-state index contributed by atoms with van der Waals surface area (Å²) >= 11 is 5.71. The second-order valence-corrected chi connectivity index (χ2v) is 8.09. The Bertz CT molecular complexity index is 807. The summed E-state index contributed by atoms with van der Waals surface area (Å²) in [6.07, 6.45) is 0. The van der Waals surface area contributed by atoms with Crippen LogP contribution >= 0.6 is 11.6 Å². The number of halogens is 2. The number of hydrogen-bond acceptors (Lipinski definition) is 3. The summed E-state index contributed by atoms with van der Waals surface area (Å²) in [5, 5.41) is -0.182. The maximum atomic E-state index is 13.2. The van der Waals surface area contributed by atoms with Crippen molar-refractivity contribution in [3.8, 4) is 0 Å². The molecular formula is C17H18ClFN2O2S. The van der Waals surface area contributed by atoms with E-state index in [1.165, 1.54) is 22.0 Å². The smallest absolute Gasteiger partial charge is 0.243 e. The molecule has 1 heterocycles. The topological polar surface area (TPSA) is 40.6 Å². The van der Waals surface area contributed by atoms with E-state index in [4.69, 9.17) is 11.6 Å². The van der Waals surface area contributed by atoms with E-state index in [1.807, 2.05) is 18.2 Å². The monoisotopic (exact) mass is 368 g/mol. The molecule has 2 aromatic carbocycles. The lowest BCUT2D eigenvalue weighted by atomic mass is 10.2. The average Bonchev–Trinajstić information content (AvgIpc) is 2.58. The molecule has 1 aliphatic heterocycles. The molecule has 0 N–H and O–H groups in total. The Hall–Kier alpha value is -1.47. The standard InChI is InChI=1S/C17H18ClFN2O2S/c18-16-12-15(6-7-17(16)19)24(22,23)21-10-8-20(9-11-21)13-14-4-2-1-3-5-14/h1-7,12H,8-11,13H2. The van der Waals surface area contributed by atoms with Gasteiger partial charge in [0, 0.05) is 32.7 Å². The Morgan fingerprint density at radius 3 is 2.29 bits per heavy atom. The van der Waals surface area contributed by atoms with Gasteiger partial charge >= 0.3 is 0 Å². The summed E-state index contributed by atoms with van der Waals surface area (Å²) in [4.78, 5) is 2.25. The largest absolute Gasteiger partial charge is 0.296 e. The minimum atomic E-state index is -3.64. The molecule has 1 fully saturated rings. The fourth-order valence-electron chi connectivity index (χ4n) is 2.76. The van der Waals surface area contributed by atoms with Crippen molar-refractivity contribution in [3.63, 3.8) is 0 Å². The molecule has 0 aromatic heterocycles. The summed E-state index contributed by atoms with van der Waals surface area (Å²) in [6, 6.07) is 13.6. The average molecular weight is 369 g/mol. The van der Waals surface area contributed by atoms with Crippen LogP contribution in [0.25, 0.3) is 0 Å². The number of sulfonamides is 1. The highest BCUT2D eigenvalue weighted by molar-refractivity contribution is 7.89. The second kappa shape index (κ2) is 7.19. The molecule has 0 radical (unpaired) electrons. The van der Waals surface area contributed by atoms with Crippen molar-refractivity contribution < 1.29 is 12.8 Å². The van der Waals surface area contributed by atoms with E-state index in [1.54, 1.807) is 0 Å². The zero-order chi connectivity index (χ0) is 17.2. The third-order valence-corrected chi connectivity index (χ3v) is 6.29. The van der Waals surface area contributed by atoms with E-state index in [0.717, 1.165) is 12.6 Å². The van der Waals surface area contributed by atoms with Crippen LogP contribution in [0, 0.1) is 5.82 Å². The van der Waals surface area contributed by atoms with Crippen molar-refractivity contribution in [2.75, 3.05) is 26.2 Å². The second-order valence-electron chi connectivity index (χ2n) is 5.74. The maximum absolute atomic E-state index is 13.2. The van der Waals surface area contributed by atoms with Gasteiger partial charge < -0.3 is 0 Å². The summed E-state index contributed by atoms with van der Waals surface area (Å²) in [7, 11) is -3.64. The molecule has 4 nitrogen and oxygen atoms in total. The molecule has 0 bridgehead atoms. The first-order chi connectivity index (χ1) is 11.5. The predicted octanol–water partition coefficient (Wildman–Crippen LogP) is 2.99. The Balaban J connectivity index is 1.66. The van der Waals surface area contributed by atoms with Crippen LogP contribution in [0.2, 0.25) is 5.02 Å². The van der Waals surface area contributed by atoms with Gasteiger partial charge in [-0.25, -0.2) is 12.8 Å². The van der Waals surface area contributed by atoms with Crippen LogP contribution in [-0.2, 0) is 16.6 Å². The van der Waals surface area contributed by atoms with Gasteiger partial charge in [0.15, 0.2) is 0 Å². The van der Waals surface area contributed by atoms with Gasteiger partial charge in [-0.3, -0.25) is 4.90 Å². The van der Waals surface area contributed by atoms with Crippen LogP contribution in [-0.4, -0.2) is 43.8 Å². The van der Waals surface area contributed by atoms with E-state index in [-0.39, 0.29) is 9.92 Å². The van der Waals surface area contributed by atoms with E-state index in [0.29, 0.717) is 26.2 Å². The Labute approximate surface area is 146 Å². The molecule has 0 spiro atoms. The minimum Gasteiger partial charge on any atom is -0.296 e. The van der Waals surface area contributed by atoms with Crippen molar-refractivity contribution >= 4 is 21.6 Å². The molecule has 3 rings (SSSR count). The van der Waals surface area contributed by atoms with Crippen LogP contribution in [0.3, 0.4) is 0 Å². The molecule has 0 amide bonds. The molecule has 2 aromatic rings. The van der Waals surface area contributed by atoms with Gasteiger partial charge in [0.2, 0.25) is 10.0 Å². The van der Waals surface area contributed by atoms with Crippen molar-refractivity contribution in [1.82, 2.24) is 9.21 Å². The van der Waals surface area contributed by atoms with Crippen LogP contribution in [0.15, 0.2) is 53.4 Å². The summed E-state index contributed by atoms with van der Waals surface area (Å²) in [6.45, 7) is 2.93. The van der Waals surface area contributed by atoms with Gasteiger partial charge in [-0.1, -0.05) is 41.9 Å². The lowest BCUT2D eigenvalue weighted by molar-refractivity contribution is 0.181. The Kier molecular flexibility index (Phi) is 5.20. The predicted molar refractivity (Wildman–Crippen MR) is 91.9 cm³/mol. The quantitative estimate of drug-likeness (QED) is 0.833. The van der Waals surface area contributed by atoms with Gasteiger partial charge in [0.1, 0.15) is 5.82 Å². The van der Waals surface area contributed by atoms with Gasteiger partial charge in [-0.05, 0) is 23.8 Å². The summed E-state index contributed by atoms with van der Waals surface area (Å²) in [5.74, 6) is -0.622. The molecular weight excluding hydrogens is 351 g/mol. The molecule has 0 atom stereocenters. The zero-order valence-corrected chi connectivity index (χ0v) is 14.6. The molecule has 0 aliphatic carbocycles. The fourth-order valence-corrected chi connectivity index (χ4v) is 4.45. The van der Waals surface area contributed by atoms with Crippen molar-refractivity contribution in [2.24, 2.45) is 0 Å². The number of benzene rings is 2. The number of piperazine rings is 1. The lowest BCUT2D eigenvalue weighted by Crippen LogP contribution is -2.48. The maximum Gasteiger partial charge on any atom is 0.243 e. The first kappa shape index (κ1) is 17.4. The Morgan fingerprint density at radius 2 is 1.67 bits per heavy atom. The normalized spacial score (nSPS) is 17.1. The van der Waals surface area contributed by atoms with Gasteiger partial charge in [-0.15, -0.1) is 0 Å². The molecule has 24 heavy (non-hydrogen) atoms. The third-order valence-electron chi connectivity index (χ3n) is 4.11. The first-order valence-corrected chi connectivity index (χ1v) is 9.50. The van der Waals surface area contributed by atoms with Crippen molar-refractivity contribution in [1.29, 1.82) is 0 Å². The molecule has 128 valence electrons. The van der Waals surface area contributed by atoms with Gasteiger partial charge in [-0.2, -0.15) is 4.31 Å². The molecule has 7 heteroatoms.